The van der Waals surface area contributed by atoms with Crippen LogP contribution in [0.15, 0.2) is 16.8 Å². The molecule has 0 bridgehead atoms. The molecule has 0 aliphatic heterocycles. The molecule has 0 aliphatic carbocycles. The molecule has 0 aromatic carbocycles. The van der Waals surface area contributed by atoms with Gasteiger partial charge >= 0.3 is 5.97 Å². The number of rotatable bonds is 9. The fourth-order valence-electron chi connectivity index (χ4n) is 1.54. The fraction of sp³-hybridized carbons (Fsp3) is 0.462. The number of hydrogen-bond donors (Lipinski definition) is 3. The highest BCUT2D eigenvalue weighted by Gasteiger charge is 2.19. The third-order valence-electron chi connectivity index (χ3n) is 2.66. The summed E-state index contributed by atoms with van der Waals surface area (Å²) >= 11 is 2.94. The van der Waals surface area contributed by atoms with Gasteiger partial charge in [0.1, 0.15) is 6.04 Å². The van der Waals surface area contributed by atoms with Crippen LogP contribution in [0.5, 0.6) is 0 Å². The molecule has 0 aliphatic rings. The summed E-state index contributed by atoms with van der Waals surface area (Å²) in [6, 6.07) is 0.820. The molecule has 0 saturated heterocycles. The summed E-state index contributed by atoms with van der Waals surface area (Å²) in [6.45, 7) is 0.176. The molecule has 6 nitrogen and oxygen atoms in total. The maximum atomic E-state index is 11.7. The molecule has 3 N–H and O–H groups in total. The van der Waals surface area contributed by atoms with Crippen LogP contribution < -0.4 is 10.6 Å². The number of aliphatic carboxylic acids is 1. The average Bonchev–Trinajstić information content (AvgIpc) is 2.97. The van der Waals surface area contributed by atoms with E-state index in [1.54, 1.807) is 16.8 Å². The van der Waals surface area contributed by atoms with Crippen LogP contribution in [0.3, 0.4) is 0 Å². The lowest BCUT2D eigenvalue weighted by Crippen LogP contribution is -2.42. The molecule has 8 heteroatoms. The Morgan fingerprint density at radius 2 is 2.19 bits per heavy atom. The Hall–Kier alpha value is -1.54. The summed E-state index contributed by atoms with van der Waals surface area (Å²) in [5.41, 5.74) is 0.559. The number of nitrogens with one attached hydrogen (secondary N) is 2. The molecule has 1 rings (SSSR count). The van der Waals surface area contributed by atoms with Gasteiger partial charge in [0.25, 0.3) is 5.91 Å². The molecule has 116 valence electrons. The summed E-state index contributed by atoms with van der Waals surface area (Å²) in [5, 5.41) is 17.6. The van der Waals surface area contributed by atoms with Crippen molar-refractivity contribution in [3.63, 3.8) is 0 Å². The van der Waals surface area contributed by atoms with E-state index in [1.807, 2.05) is 6.26 Å². The van der Waals surface area contributed by atoms with E-state index in [-0.39, 0.29) is 24.8 Å². The molecule has 0 saturated carbocycles. The van der Waals surface area contributed by atoms with Gasteiger partial charge in [-0.3, -0.25) is 9.59 Å². The van der Waals surface area contributed by atoms with Gasteiger partial charge in [0, 0.05) is 23.9 Å². The average molecular weight is 330 g/mol. The molecule has 0 fully saturated rings. The lowest BCUT2D eigenvalue weighted by atomic mass is 10.2. The first kappa shape index (κ1) is 17.5. The predicted octanol–water partition coefficient (Wildman–Crippen LogP) is 1.19. The van der Waals surface area contributed by atoms with Crippen LogP contribution in [-0.2, 0) is 9.59 Å². The third kappa shape index (κ3) is 6.63. The largest absolute Gasteiger partial charge is 0.480 e. The van der Waals surface area contributed by atoms with Gasteiger partial charge in [-0.15, -0.1) is 0 Å². The Bertz CT molecular complexity index is 477. The minimum Gasteiger partial charge on any atom is -0.480 e. The molecule has 0 radical (unpaired) electrons. The van der Waals surface area contributed by atoms with E-state index < -0.39 is 12.0 Å². The van der Waals surface area contributed by atoms with E-state index in [9.17, 15) is 14.4 Å². The van der Waals surface area contributed by atoms with Crippen LogP contribution in [0.4, 0.5) is 0 Å². The number of carbonyl (C=O) groups is 3. The standard InChI is InChI=1S/C13H18N2O4S2/c1-20-6-4-10(13(18)19)15-11(16)2-5-14-12(17)9-3-7-21-8-9/h3,7-8,10H,2,4-6H2,1H3,(H,14,17)(H,15,16)(H,18,19)/t10-/m0/s1. The maximum absolute atomic E-state index is 11.7. The Kier molecular flexibility index (Phi) is 7.84. The van der Waals surface area contributed by atoms with Gasteiger partial charge in [-0.05, 0) is 29.9 Å². The lowest BCUT2D eigenvalue weighted by molar-refractivity contribution is -0.141. The topological polar surface area (TPSA) is 95.5 Å². The normalized spacial score (nSPS) is 11.7. The molecule has 0 spiro atoms. The van der Waals surface area contributed by atoms with Crippen molar-refractivity contribution in [1.29, 1.82) is 0 Å². The van der Waals surface area contributed by atoms with Gasteiger partial charge in [0.15, 0.2) is 0 Å². The second-order valence-electron chi connectivity index (χ2n) is 4.26. The number of carboxylic acid groups (broad SMARTS) is 1. The van der Waals surface area contributed by atoms with Gasteiger partial charge in [0.05, 0.1) is 0 Å². The molecule has 1 aromatic rings. The highest BCUT2D eigenvalue weighted by atomic mass is 32.2. The first-order valence-corrected chi connectivity index (χ1v) is 8.69. The maximum Gasteiger partial charge on any atom is 0.326 e. The van der Waals surface area contributed by atoms with Crippen molar-refractivity contribution in [2.45, 2.75) is 18.9 Å². The van der Waals surface area contributed by atoms with Crippen molar-refractivity contribution < 1.29 is 19.5 Å². The quantitative estimate of drug-likeness (QED) is 0.632. The molecule has 0 unspecified atom stereocenters. The molecular formula is C13H18N2O4S2. The summed E-state index contributed by atoms with van der Waals surface area (Å²) in [4.78, 5) is 34.3. The van der Waals surface area contributed by atoms with Crippen molar-refractivity contribution in [3.8, 4) is 0 Å². The number of thioether (sulfide) groups is 1. The van der Waals surface area contributed by atoms with E-state index in [0.29, 0.717) is 17.7 Å². The van der Waals surface area contributed by atoms with Crippen LogP contribution >= 0.6 is 23.1 Å². The van der Waals surface area contributed by atoms with E-state index in [0.717, 1.165) is 0 Å². The second-order valence-corrected chi connectivity index (χ2v) is 6.02. The summed E-state index contributed by atoms with van der Waals surface area (Å²) in [6.07, 6.45) is 2.31. The number of carbonyl (C=O) groups excluding carboxylic acids is 2. The molecule has 1 aromatic heterocycles. The molecular weight excluding hydrogens is 312 g/mol. The predicted molar refractivity (Wildman–Crippen MR) is 83.8 cm³/mol. The van der Waals surface area contributed by atoms with E-state index in [4.69, 9.17) is 5.11 Å². The molecule has 2 amide bonds. The van der Waals surface area contributed by atoms with Gasteiger partial charge in [-0.1, -0.05) is 0 Å². The minimum atomic E-state index is -1.04. The van der Waals surface area contributed by atoms with Crippen LogP contribution in [0.1, 0.15) is 23.2 Å². The third-order valence-corrected chi connectivity index (χ3v) is 3.99. The van der Waals surface area contributed by atoms with Crippen LogP contribution in [0.2, 0.25) is 0 Å². The van der Waals surface area contributed by atoms with Crippen molar-refractivity contribution in [1.82, 2.24) is 10.6 Å². The zero-order valence-electron chi connectivity index (χ0n) is 11.6. The van der Waals surface area contributed by atoms with Crippen molar-refractivity contribution in [2.75, 3.05) is 18.6 Å². The first-order chi connectivity index (χ1) is 10.0. The van der Waals surface area contributed by atoms with Gasteiger partial charge in [-0.25, -0.2) is 4.79 Å². The van der Waals surface area contributed by atoms with Crippen molar-refractivity contribution in [2.24, 2.45) is 0 Å². The molecule has 1 heterocycles. The smallest absolute Gasteiger partial charge is 0.326 e. The fourth-order valence-corrected chi connectivity index (χ4v) is 2.65. The van der Waals surface area contributed by atoms with Gasteiger partial charge in [-0.2, -0.15) is 23.1 Å². The molecule has 1 atom stereocenters. The SMILES string of the molecule is CSCC[C@H](NC(=O)CCNC(=O)c1ccsc1)C(=O)O. The van der Waals surface area contributed by atoms with Crippen LogP contribution in [0.25, 0.3) is 0 Å². The van der Waals surface area contributed by atoms with Gasteiger partial charge < -0.3 is 15.7 Å². The Balaban J connectivity index is 2.29. The second kappa shape index (κ2) is 9.41. The van der Waals surface area contributed by atoms with E-state index in [1.165, 1.54) is 23.1 Å². The lowest BCUT2D eigenvalue weighted by Gasteiger charge is -2.14. The van der Waals surface area contributed by atoms with E-state index in [2.05, 4.69) is 10.6 Å². The minimum absolute atomic E-state index is 0.0545. The van der Waals surface area contributed by atoms with Gasteiger partial charge in [0.2, 0.25) is 5.91 Å². The highest BCUT2D eigenvalue weighted by molar-refractivity contribution is 7.98. The molecule has 21 heavy (non-hydrogen) atoms. The summed E-state index contributed by atoms with van der Waals surface area (Å²) < 4.78 is 0. The van der Waals surface area contributed by atoms with Crippen molar-refractivity contribution >= 4 is 40.9 Å². The Labute approximate surface area is 131 Å². The first-order valence-electron chi connectivity index (χ1n) is 6.36. The summed E-state index contributed by atoms with van der Waals surface area (Å²) in [5.74, 6) is -0.998. The Morgan fingerprint density at radius 1 is 1.43 bits per heavy atom. The number of hydrogen-bond acceptors (Lipinski definition) is 5. The van der Waals surface area contributed by atoms with E-state index >= 15 is 0 Å². The number of carboxylic acids is 1. The monoisotopic (exact) mass is 330 g/mol. The summed E-state index contributed by atoms with van der Waals surface area (Å²) in [7, 11) is 0. The van der Waals surface area contributed by atoms with Crippen LogP contribution in [0, 0.1) is 0 Å². The zero-order valence-corrected chi connectivity index (χ0v) is 13.3. The number of thiophene rings is 1. The highest BCUT2D eigenvalue weighted by Crippen LogP contribution is 2.05. The van der Waals surface area contributed by atoms with Crippen LogP contribution in [-0.4, -0.2) is 47.5 Å². The number of amides is 2. The Morgan fingerprint density at radius 3 is 2.76 bits per heavy atom. The zero-order chi connectivity index (χ0) is 15.7. The van der Waals surface area contributed by atoms with Crippen molar-refractivity contribution in [3.05, 3.63) is 22.4 Å².